The Morgan fingerprint density at radius 2 is 1.71 bits per heavy atom. The lowest BCUT2D eigenvalue weighted by Gasteiger charge is -2.40. The lowest BCUT2D eigenvalue weighted by atomic mass is 9.71. The van der Waals surface area contributed by atoms with Gasteiger partial charge in [0.05, 0.1) is 23.7 Å². The van der Waals surface area contributed by atoms with Gasteiger partial charge in [-0.2, -0.15) is 0 Å². The number of amides is 1. The minimum absolute atomic E-state index is 0.0256. The molecule has 0 aromatic heterocycles. The second-order valence-corrected chi connectivity index (χ2v) is 8.04. The monoisotopic (exact) mass is 297 g/mol. The lowest BCUT2D eigenvalue weighted by molar-refractivity contribution is -0.129. The topological polar surface area (TPSA) is 58.6 Å². The molecule has 4 nitrogen and oxygen atoms in total. The molecule has 1 aliphatic carbocycles. The van der Waals surface area contributed by atoms with Gasteiger partial charge in [-0.3, -0.25) is 4.79 Å². The van der Waals surface area contributed by atoms with E-state index in [-0.39, 0.29) is 30.0 Å². The number of carbonyl (C=O) groups is 1. The van der Waals surface area contributed by atoms with E-state index in [1.54, 1.807) is 0 Å². The fourth-order valence-electron chi connectivity index (χ4n) is 3.66. The summed E-state index contributed by atoms with van der Waals surface area (Å²) in [4.78, 5) is 12.4. The number of hydrogen-bond acceptors (Lipinski definition) is 3. The van der Waals surface area contributed by atoms with Crippen LogP contribution >= 0.6 is 0 Å². The van der Waals surface area contributed by atoms with Crippen molar-refractivity contribution in [3.8, 4) is 0 Å². The molecular formula is C17H31NO3. The van der Waals surface area contributed by atoms with Crippen LogP contribution in [0.1, 0.15) is 60.3 Å². The molecule has 0 aromatic rings. The van der Waals surface area contributed by atoms with Gasteiger partial charge < -0.3 is 15.2 Å². The predicted octanol–water partition coefficient (Wildman–Crippen LogP) is 2.49. The molecular weight excluding hydrogens is 266 g/mol. The van der Waals surface area contributed by atoms with Crippen molar-refractivity contribution in [2.45, 2.75) is 78.1 Å². The molecule has 21 heavy (non-hydrogen) atoms. The Morgan fingerprint density at radius 1 is 1.14 bits per heavy atom. The van der Waals surface area contributed by atoms with Gasteiger partial charge >= 0.3 is 0 Å². The first kappa shape index (κ1) is 16.8. The molecule has 1 aliphatic heterocycles. The maximum Gasteiger partial charge on any atom is 0.226 e. The predicted molar refractivity (Wildman–Crippen MR) is 82.9 cm³/mol. The van der Waals surface area contributed by atoms with Crippen LogP contribution in [-0.4, -0.2) is 35.4 Å². The van der Waals surface area contributed by atoms with Gasteiger partial charge in [0.2, 0.25) is 5.91 Å². The number of hydrogen-bond donors (Lipinski definition) is 2. The van der Waals surface area contributed by atoms with Crippen molar-refractivity contribution < 1.29 is 14.6 Å². The summed E-state index contributed by atoms with van der Waals surface area (Å²) in [7, 11) is 0. The van der Waals surface area contributed by atoms with Crippen LogP contribution in [0, 0.1) is 17.3 Å². The van der Waals surface area contributed by atoms with Gasteiger partial charge in [-0.25, -0.2) is 0 Å². The zero-order valence-corrected chi connectivity index (χ0v) is 14.1. The molecule has 1 saturated carbocycles. The Bertz CT molecular complexity index is 383. The van der Waals surface area contributed by atoms with Crippen LogP contribution in [0.5, 0.6) is 0 Å². The molecule has 0 radical (unpaired) electrons. The highest BCUT2D eigenvalue weighted by Gasteiger charge is 2.43. The maximum absolute atomic E-state index is 12.4. The van der Waals surface area contributed by atoms with E-state index in [9.17, 15) is 9.90 Å². The van der Waals surface area contributed by atoms with E-state index in [1.807, 2.05) is 13.8 Å². The zero-order valence-electron chi connectivity index (χ0n) is 14.1. The molecule has 4 unspecified atom stereocenters. The van der Waals surface area contributed by atoms with Crippen molar-refractivity contribution in [2.24, 2.45) is 17.3 Å². The Labute approximate surface area is 128 Å². The first-order chi connectivity index (χ1) is 9.64. The zero-order chi connectivity index (χ0) is 15.8. The van der Waals surface area contributed by atoms with Gasteiger partial charge in [-0.1, -0.05) is 20.8 Å². The normalized spacial score (nSPS) is 38.2. The quantitative estimate of drug-likeness (QED) is 0.841. The molecule has 2 fully saturated rings. The molecule has 0 aromatic carbocycles. The SMILES string of the molecule is CC1OC(C)C(C(=O)NCC2(O)CCC(C)(C)CC2)C1C. The van der Waals surface area contributed by atoms with Gasteiger partial charge in [0.1, 0.15) is 0 Å². The van der Waals surface area contributed by atoms with Crippen LogP contribution < -0.4 is 5.32 Å². The van der Waals surface area contributed by atoms with Crippen molar-refractivity contribution in [2.75, 3.05) is 6.54 Å². The average Bonchev–Trinajstić information content (AvgIpc) is 2.65. The minimum Gasteiger partial charge on any atom is -0.388 e. The molecule has 1 amide bonds. The van der Waals surface area contributed by atoms with Crippen LogP contribution in [0.25, 0.3) is 0 Å². The molecule has 4 atom stereocenters. The van der Waals surface area contributed by atoms with E-state index < -0.39 is 5.60 Å². The van der Waals surface area contributed by atoms with Crippen molar-refractivity contribution in [1.29, 1.82) is 0 Å². The molecule has 4 heteroatoms. The minimum atomic E-state index is -0.733. The third-order valence-corrected chi connectivity index (χ3v) is 5.67. The highest BCUT2D eigenvalue weighted by molar-refractivity contribution is 5.80. The summed E-state index contributed by atoms with van der Waals surface area (Å²) in [5.74, 6) is 0.140. The summed E-state index contributed by atoms with van der Waals surface area (Å²) in [6.07, 6.45) is 3.63. The second-order valence-electron chi connectivity index (χ2n) is 8.04. The summed E-state index contributed by atoms with van der Waals surface area (Å²) in [6, 6.07) is 0. The molecule has 0 bridgehead atoms. The van der Waals surface area contributed by atoms with E-state index in [4.69, 9.17) is 4.74 Å². The van der Waals surface area contributed by atoms with E-state index in [0.717, 1.165) is 25.7 Å². The highest BCUT2D eigenvalue weighted by Crippen LogP contribution is 2.40. The van der Waals surface area contributed by atoms with Crippen molar-refractivity contribution in [3.05, 3.63) is 0 Å². The number of ether oxygens (including phenoxy) is 1. The van der Waals surface area contributed by atoms with Crippen LogP contribution in [0.4, 0.5) is 0 Å². The maximum atomic E-state index is 12.4. The standard InChI is InChI=1S/C17H31NO3/c1-11-12(2)21-13(3)14(11)15(19)18-10-17(20)8-6-16(4,5)7-9-17/h11-14,20H,6-10H2,1-5H3,(H,18,19). The van der Waals surface area contributed by atoms with Gasteiger partial charge in [0.25, 0.3) is 0 Å². The highest BCUT2D eigenvalue weighted by atomic mass is 16.5. The molecule has 2 aliphatic rings. The van der Waals surface area contributed by atoms with Crippen LogP contribution in [0.2, 0.25) is 0 Å². The van der Waals surface area contributed by atoms with E-state index in [2.05, 4.69) is 26.1 Å². The third kappa shape index (κ3) is 3.78. The molecule has 122 valence electrons. The summed E-state index contributed by atoms with van der Waals surface area (Å²) in [5, 5.41) is 13.6. The molecule has 2 rings (SSSR count). The number of rotatable bonds is 3. The number of aliphatic hydroxyl groups is 1. The van der Waals surface area contributed by atoms with Gasteiger partial charge in [0.15, 0.2) is 0 Å². The summed E-state index contributed by atoms with van der Waals surface area (Å²) < 4.78 is 5.73. The lowest BCUT2D eigenvalue weighted by Crippen LogP contribution is -2.49. The number of carbonyl (C=O) groups excluding carboxylic acids is 1. The molecule has 2 N–H and O–H groups in total. The van der Waals surface area contributed by atoms with Gasteiger partial charge in [0, 0.05) is 6.54 Å². The fraction of sp³-hybridized carbons (Fsp3) is 0.941. The summed E-state index contributed by atoms with van der Waals surface area (Å²) in [5.41, 5.74) is -0.420. The fourth-order valence-corrected chi connectivity index (χ4v) is 3.66. The second kappa shape index (κ2) is 5.88. The molecule has 0 spiro atoms. The van der Waals surface area contributed by atoms with Crippen molar-refractivity contribution in [3.63, 3.8) is 0 Å². The number of nitrogens with one attached hydrogen (secondary N) is 1. The van der Waals surface area contributed by atoms with Crippen LogP contribution in [0.15, 0.2) is 0 Å². The van der Waals surface area contributed by atoms with Crippen LogP contribution in [-0.2, 0) is 9.53 Å². The van der Waals surface area contributed by atoms with E-state index in [0.29, 0.717) is 12.0 Å². The Kier molecular flexibility index (Phi) is 4.69. The van der Waals surface area contributed by atoms with Gasteiger partial charge in [-0.05, 0) is 50.9 Å². The summed E-state index contributed by atoms with van der Waals surface area (Å²) in [6.45, 7) is 10.9. The van der Waals surface area contributed by atoms with Gasteiger partial charge in [-0.15, -0.1) is 0 Å². The Hall–Kier alpha value is -0.610. The largest absolute Gasteiger partial charge is 0.388 e. The molecule has 1 heterocycles. The molecule has 1 saturated heterocycles. The Morgan fingerprint density at radius 3 is 2.19 bits per heavy atom. The van der Waals surface area contributed by atoms with Crippen molar-refractivity contribution >= 4 is 5.91 Å². The smallest absolute Gasteiger partial charge is 0.226 e. The van der Waals surface area contributed by atoms with E-state index >= 15 is 0 Å². The summed E-state index contributed by atoms with van der Waals surface area (Å²) >= 11 is 0. The van der Waals surface area contributed by atoms with E-state index in [1.165, 1.54) is 0 Å². The third-order valence-electron chi connectivity index (χ3n) is 5.67. The average molecular weight is 297 g/mol. The Balaban J connectivity index is 1.87. The van der Waals surface area contributed by atoms with Crippen LogP contribution in [0.3, 0.4) is 0 Å². The first-order valence-electron chi connectivity index (χ1n) is 8.29. The first-order valence-corrected chi connectivity index (χ1v) is 8.29. The van der Waals surface area contributed by atoms with Crippen molar-refractivity contribution in [1.82, 2.24) is 5.32 Å².